The zero-order valence-electron chi connectivity index (χ0n) is 8.40. The van der Waals surface area contributed by atoms with E-state index < -0.39 is 4.33 Å². The number of hydrogen-bond donors (Lipinski definition) is 0. The Morgan fingerprint density at radius 2 is 1.69 bits per heavy atom. The van der Waals surface area contributed by atoms with Gasteiger partial charge in [-0.05, 0) is 30.1 Å². The van der Waals surface area contributed by atoms with Gasteiger partial charge in [-0.3, -0.25) is 0 Å². The van der Waals surface area contributed by atoms with Crippen LogP contribution in [0.15, 0.2) is 0 Å². The molecule has 3 aliphatic rings. The zero-order chi connectivity index (χ0) is 9.65. The zero-order valence-corrected chi connectivity index (χ0v) is 9.91. The second kappa shape index (κ2) is 1.93. The van der Waals surface area contributed by atoms with Gasteiger partial charge in [-0.1, -0.05) is 20.8 Å². The van der Waals surface area contributed by atoms with Crippen LogP contribution >= 0.6 is 23.2 Å². The first-order valence-corrected chi connectivity index (χ1v) is 5.95. The maximum Gasteiger partial charge on any atom is 0.127 e. The third-order valence-electron chi connectivity index (χ3n) is 5.31. The van der Waals surface area contributed by atoms with Gasteiger partial charge >= 0.3 is 0 Å². The van der Waals surface area contributed by atoms with Crippen molar-refractivity contribution < 1.29 is 0 Å². The SMILES string of the molecule is CC1(C)C2CC3C(Cl)(Cl)C3(C)CC21. The molecule has 3 saturated carbocycles. The Hall–Kier alpha value is 0.580. The molecule has 0 bridgehead atoms. The minimum atomic E-state index is -0.392. The average Bonchev–Trinajstić information content (AvgIpc) is 2.67. The van der Waals surface area contributed by atoms with Crippen LogP contribution in [-0.4, -0.2) is 4.33 Å². The van der Waals surface area contributed by atoms with E-state index in [2.05, 4.69) is 20.8 Å². The van der Waals surface area contributed by atoms with Gasteiger partial charge in [-0.2, -0.15) is 0 Å². The molecule has 3 aliphatic carbocycles. The molecule has 13 heavy (non-hydrogen) atoms. The van der Waals surface area contributed by atoms with Crippen LogP contribution in [0.25, 0.3) is 0 Å². The van der Waals surface area contributed by atoms with Gasteiger partial charge in [0.25, 0.3) is 0 Å². The number of halogens is 2. The lowest BCUT2D eigenvalue weighted by Gasteiger charge is -2.15. The van der Waals surface area contributed by atoms with Gasteiger partial charge in [-0.15, -0.1) is 23.2 Å². The Bertz CT molecular complexity index is 282. The van der Waals surface area contributed by atoms with Crippen molar-refractivity contribution in [3.63, 3.8) is 0 Å². The van der Waals surface area contributed by atoms with Crippen LogP contribution in [0, 0.1) is 28.6 Å². The van der Waals surface area contributed by atoms with E-state index in [-0.39, 0.29) is 5.41 Å². The maximum atomic E-state index is 6.30. The molecule has 0 aliphatic heterocycles. The Morgan fingerprint density at radius 3 is 2.23 bits per heavy atom. The smallest absolute Gasteiger partial charge is 0.101 e. The molecule has 0 aromatic carbocycles. The molecular weight excluding hydrogens is 203 g/mol. The summed E-state index contributed by atoms with van der Waals surface area (Å²) < 4.78 is -0.392. The summed E-state index contributed by atoms with van der Waals surface area (Å²) in [6.07, 6.45) is 2.52. The molecular formula is C11H16Cl2. The quantitative estimate of drug-likeness (QED) is 0.542. The molecule has 0 aromatic heterocycles. The third-order valence-corrected chi connectivity index (χ3v) is 6.70. The van der Waals surface area contributed by atoms with Crippen LogP contribution in [0.2, 0.25) is 0 Å². The summed E-state index contributed by atoms with van der Waals surface area (Å²) in [5, 5.41) is 0. The summed E-state index contributed by atoms with van der Waals surface area (Å²) in [4.78, 5) is 0. The summed E-state index contributed by atoms with van der Waals surface area (Å²) in [6.45, 7) is 7.05. The Labute approximate surface area is 90.0 Å². The molecule has 4 unspecified atom stereocenters. The second-order valence-electron chi connectivity index (χ2n) is 6.07. The molecule has 0 N–H and O–H groups in total. The van der Waals surface area contributed by atoms with Crippen molar-refractivity contribution in [3.8, 4) is 0 Å². The molecule has 4 atom stereocenters. The monoisotopic (exact) mass is 218 g/mol. The van der Waals surface area contributed by atoms with Crippen LogP contribution in [-0.2, 0) is 0 Å². The summed E-state index contributed by atoms with van der Waals surface area (Å²) in [6, 6.07) is 0. The van der Waals surface area contributed by atoms with E-state index in [1.807, 2.05) is 0 Å². The number of hydrogen-bond acceptors (Lipinski definition) is 0. The fourth-order valence-corrected chi connectivity index (χ4v) is 4.77. The molecule has 0 nitrogen and oxygen atoms in total. The molecule has 0 spiro atoms. The minimum absolute atomic E-state index is 0.241. The average molecular weight is 219 g/mol. The van der Waals surface area contributed by atoms with Crippen LogP contribution in [0.3, 0.4) is 0 Å². The topological polar surface area (TPSA) is 0 Å². The molecule has 0 aromatic rings. The molecule has 3 rings (SSSR count). The van der Waals surface area contributed by atoms with Crippen LogP contribution < -0.4 is 0 Å². The lowest BCUT2D eigenvalue weighted by molar-refractivity contribution is 0.347. The van der Waals surface area contributed by atoms with Crippen molar-refractivity contribution in [1.29, 1.82) is 0 Å². The van der Waals surface area contributed by atoms with Crippen molar-refractivity contribution >= 4 is 23.2 Å². The first kappa shape index (κ1) is 8.85. The van der Waals surface area contributed by atoms with Gasteiger partial charge < -0.3 is 0 Å². The van der Waals surface area contributed by atoms with Gasteiger partial charge in [0.05, 0.1) is 0 Å². The largest absolute Gasteiger partial charge is 0.127 e. The van der Waals surface area contributed by atoms with Gasteiger partial charge in [0, 0.05) is 11.3 Å². The van der Waals surface area contributed by atoms with Crippen LogP contribution in [0.5, 0.6) is 0 Å². The summed E-state index contributed by atoms with van der Waals surface area (Å²) in [5.74, 6) is 2.38. The second-order valence-corrected chi connectivity index (χ2v) is 7.45. The van der Waals surface area contributed by atoms with E-state index in [0.717, 1.165) is 11.8 Å². The highest BCUT2D eigenvalue weighted by molar-refractivity contribution is 6.51. The van der Waals surface area contributed by atoms with E-state index in [0.29, 0.717) is 11.3 Å². The molecule has 2 heteroatoms. The van der Waals surface area contributed by atoms with Crippen molar-refractivity contribution in [2.45, 2.75) is 37.9 Å². The van der Waals surface area contributed by atoms with Crippen molar-refractivity contribution in [2.24, 2.45) is 28.6 Å². The molecule has 0 amide bonds. The highest BCUT2D eigenvalue weighted by Gasteiger charge is 2.80. The molecule has 0 radical (unpaired) electrons. The first-order chi connectivity index (χ1) is 5.82. The van der Waals surface area contributed by atoms with Crippen molar-refractivity contribution in [3.05, 3.63) is 0 Å². The Balaban J connectivity index is 1.87. The van der Waals surface area contributed by atoms with E-state index >= 15 is 0 Å². The van der Waals surface area contributed by atoms with Gasteiger partial charge in [0.2, 0.25) is 0 Å². The van der Waals surface area contributed by atoms with Crippen LogP contribution in [0.1, 0.15) is 33.6 Å². The fraction of sp³-hybridized carbons (Fsp3) is 1.00. The minimum Gasteiger partial charge on any atom is -0.101 e. The Morgan fingerprint density at radius 1 is 1.08 bits per heavy atom. The van der Waals surface area contributed by atoms with Crippen molar-refractivity contribution in [2.75, 3.05) is 0 Å². The van der Waals surface area contributed by atoms with E-state index in [1.54, 1.807) is 0 Å². The molecule has 3 fully saturated rings. The van der Waals surface area contributed by atoms with Crippen LogP contribution in [0.4, 0.5) is 0 Å². The molecule has 0 heterocycles. The third kappa shape index (κ3) is 0.777. The lowest BCUT2D eigenvalue weighted by Crippen LogP contribution is -2.09. The Kier molecular flexibility index (Phi) is 1.31. The number of rotatable bonds is 0. The van der Waals surface area contributed by atoms with E-state index in [4.69, 9.17) is 23.2 Å². The van der Waals surface area contributed by atoms with E-state index in [9.17, 15) is 0 Å². The first-order valence-electron chi connectivity index (χ1n) is 5.19. The highest BCUT2D eigenvalue weighted by atomic mass is 35.5. The summed E-state index contributed by atoms with van der Waals surface area (Å²) in [5.41, 5.74) is 0.825. The normalized spacial score (nSPS) is 59.3. The summed E-state index contributed by atoms with van der Waals surface area (Å²) in [7, 11) is 0. The van der Waals surface area contributed by atoms with Crippen molar-refractivity contribution in [1.82, 2.24) is 0 Å². The number of alkyl halides is 2. The molecule has 0 saturated heterocycles. The lowest BCUT2D eigenvalue weighted by atomic mass is 9.90. The number of fused-ring (bicyclic) bond motifs is 2. The fourth-order valence-electron chi connectivity index (χ4n) is 3.80. The molecule has 74 valence electrons. The standard InChI is InChI=1S/C11H16Cl2/c1-9(2)6-4-8-10(3,5-7(6)9)11(8,12)13/h6-8H,4-5H2,1-3H3. The van der Waals surface area contributed by atoms with Gasteiger partial charge in [-0.25, -0.2) is 0 Å². The highest BCUT2D eigenvalue weighted by Crippen LogP contribution is 2.83. The van der Waals surface area contributed by atoms with Gasteiger partial charge in [0.15, 0.2) is 0 Å². The summed E-state index contributed by atoms with van der Waals surface area (Å²) >= 11 is 12.6. The predicted octanol–water partition coefficient (Wildman–Crippen LogP) is 3.86. The predicted molar refractivity (Wildman–Crippen MR) is 56.0 cm³/mol. The maximum absolute atomic E-state index is 6.30. The van der Waals surface area contributed by atoms with Gasteiger partial charge in [0.1, 0.15) is 4.33 Å². The van der Waals surface area contributed by atoms with E-state index in [1.165, 1.54) is 12.8 Å².